The van der Waals surface area contributed by atoms with Crippen molar-refractivity contribution in [3.63, 3.8) is 0 Å². The molecule has 0 bridgehead atoms. The molecule has 0 saturated carbocycles. The number of hydrogen-bond acceptors (Lipinski definition) is 2. The molecule has 3 nitrogen and oxygen atoms in total. The summed E-state index contributed by atoms with van der Waals surface area (Å²) in [5, 5.41) is 9.09. The molecule has 0 fully saturated rings. The number of ether oxygens (including phenoxy) is 1. The van der Waals surface area contributed by atoms with Gasteiger partial charge < -0.3 is 9.84 Å². The molecule has 16 heavy (non-hydrogen) atoms. The van der Waals surface area contributed by atoms with Gasteiger partial charge in [-0.25, -0.2) is 0 Å². The van der Waals surface area contributed by atoms with Crippen LogP contribution in [0.3, 0.4) is 0 Å². The van der Waals surface area contributed by atoms with Gasteiger partial charge in [0.15, 0.2) is 0 Å². The maximum absolute atomic E-state index is 11.1. The molecule has 1 rings (SSSR count). The van der Waals surface area contributed by atoms with E-state index < -0.39 is 11.9 Å². The monoisotopic (exact) mass is 220 g/mol. The van der Waals surface area contributed by atoms with E-state index in [9.17, 15) is 4.79 Å². The Kier molecular flexibility index (Phi) is 4.58. The van der Waals surface area contributed by atoms with Gasteiger partial charge in [-0.15, -0.1) is 0 Å². The first-order chi connectivity index (χ1) is 7.61. The molecule has 3 heteroatoms. The van der Waals surface area contributed by atoms with Crippen LogP contribution in [-0.4, -0.2) is 17.2 Å². The van der Waals surface area contributed by atoms with E-state index >= 15 is 0 Å². The largest absolute Gasteiger partial charge is 0.499 e. The van der Waals surface area contributed by atoms with E-state index in [-0.39, 0.29) is 6.10 Å². The molecular formula is C13H16O3. The zero-order valence-electron chi connectivity index (χ0n) is 9.46. The fourth-order valence-electron chi connectivity index (χ4n) is 1.28. The second kappa shape index (κ2) is 5.95. The normalized spacial score (nSPS) is 12.9. The molecule has 0 aliphatic heterocycles. The topological polar surface area (TPSA) is 46.5 Å². The van der Waals surface area contributed by atoms with Gasteiger partial charge in [-0.2, -0.15) is 0 Å². The van der Waals surface area contributed by atoms with Crippen LogP contribution in [0.5, 0.6) is 0 Å². The highest BCUT2D eigenvalue weighted by Crippen LogP contribution is 2.17. The summed E-state index contributed by atoms with van der Waals surface area (Å²) in [4.78, 5) is 11.1. The third-order valence-electron chi connectivity index (χ3n) is 2.05. The third kappa shape index (κ3) is 3.77. The van der Waals surface area contributed by atoms with Gasteiger partial charge in [-0.05, 0) is 25.5 Å². The first kappa shape index (κ1) is 12.3. The van der Waals surface area contributed by atoms with Crippen LogP contribution >= 0.6 is 0 Å². The van der Waals surface area contributed by atoms with Gasteiger partial charge in [0, 0.05) is 0 Å². The maximum atomic E-state index is 11.1. The molecule has 0 radical (unpaired) electrons. The quantitative estimate of drug-likeness (QED) is 0.776. The molecule has 1 aromatic carbocycles. The molecule has 0 aliphatic carbocycles. The zero-order chi connectivity index (χ0) is 12.0. The van der Waals surface area contributed by atoms with E-state index in [1.54, 1.807) is 18.2 Å². The standard InChI is InChI=1S/C13H16O3/c1-10(2)16-9-8-12(13(14)15)11-6-4-3-5-7-11/h3-10,12H,1-2H3,(H,14,15)/b9-8+. The highest BCUT2D eigenvalue weighted by molar-refractivity contribution is 5.78. The van der Waals surface area contributed by atoms with Crippen LogP contribution in [0.1, 0.15) is 25.3 Å². The van der Waals surface area contributed by atoms with E-state index in [0.29, 0.717) is 0 Å². The van der Waals surface area contributed by atoms with Crippen molar-refractivity contribution in [3.05, 3.63) is 48.2 Å². The summed E-state index contributed by atoms with van der Waals surface area (Å²) in [5.41, 5.74) is 0.749. The Morgan fingerprint density at radius 3 is 2.44 bits per heavy atom. The summed E-state index contributed by atoms with van der Waals surface area (Å²) >= 11 is 0. The number of carboxylic acids is 1. The van der Waals surface area contributed by atoms with E-state index in [0.717, 1.165) is 5.56 Å². The summed E-state index contributed by atoms with van der Waals surface area (Å²) in [6.07, 6.45) is 3.06. The van der Waals surface area contributed by atoms with Gasteiger partial charge in [0.2, 0.25) is 0 Å². The fraction of sp³-hybridized carbons (Fsp3) is 0.308. The minimum Gasteiger partial charge on any atom is -0.499 e. The van der Waals surface area contributed by atoms with Crippen LogP contribution in [0.2, 0.25) is 0 Å². The van der Waals surface area contributed by atoms with E-state index in [2.05, 4.69) is 0 Å². The second-order valence-corrected chi connectivity index (χ2v) is 3.74. The third-order valence-corrected chi connectivity index (χ3v) is 2.05. The lowest BCUT2D eigenvalue weighted by Gasteiger charge is -2.08. The molecule has 0 aliphatic rings. The number of hydrogen-bond donors (Lipinski definition) is 1. The Morgan fingerprint density at radius 1 is 1.31 bits per heavy atom. The Balaban J connectivity index is 2.77. The van der Waals surface area contributed by atoms with Gasteiger partial charge in [0.05, 0.1) is 12.4 Å². The summed E-state index contributed by atoms with van der Waals surface area (Å²) < 4.78 is 5.20. The highest BCUT2D eigenvalue weighted by atomic mass is 16.5. The second-order valence-electron chi connectivity index (χ2n) is 3.74. The van der Waals surface area contributed by atoms with Gasteiger partial charge in [-0.1, -0.05) is 30.3 Å². The molecule has 0 spiro atoms. The SMILES string of the molecule is CC(C)O/C=C/C(C(=O)O)c1ccccc1. The first-order valence-electron chi connectivity index (χ1n) is 5.21. The van der Waals surface area contributed by atoms with E-state index in [1.165, 1.54) is 6.26 Å². The van der Waals surface area contributed by atoms with Crippen LogP contribution in [0.4, 0.5) is 0 Å². The predicted molar refractivity (Wildman–Crippen MR) is 62.2 cm³/mol. The molecule has 1 atom stereocenters. The molecular weight excluding hydrogens is 204 g/mol. The van der Waals surface area contributed by atoms with Crippen molar-refractivity contribution in [1.82, 2.24) is 0 Å². The van der Waals surface area contributed by atoms with Crippen molar-refractivity contribution in [3.8, 4) is 0 Å². The lowest BCUT2D eigenvalue weighted by Crippen LogP contribution is -2.09. The Bertz CT molecular complexity index is 355. The molecule has 0 amide bonds. The first-order valence-corrected chi connectivity index (χ1v) is 5.21. The Labute approximate surface area is 95.4 Å². The predicted octanol–water partition coefficient (Wildman–Crippen LogP) is 2.79. The van der Waals surface area contributed by atoms with Crippen LogP contribution in [0.25, 0.3) is 0 Å². The van der Waals surface area contributed by atoms with Gasteiger partial charge in [0.25, 0.3) is 0 Å². The zero-order valence-corrected chi connectivity index (χ0v) is 9.46. The summed E-state index contributed by atoms with van der Waals surface area (Å²) in [6, 6.07) is 9.08. The number of carboxylic acid groups (broad SMARTS) is 1. The maximum Gasteiger partial charge on any atom is 0.314 e. The molecule has 1 aromatic rings. The molecule has 0 saturated heterocycles. The molecule has 0 aromatic heterocycles. The van der Waals surface area contributed by atoms with Crippen LogP contribution < -0.4 is 0 Å². The molecule has 1 unspecified atom stereocenters. The highest BCUT2D eigenvalue weighted by Gasteiger charge is 2.15. The summed E-state index contributed by atoms with van der Waals surface area (Å²) in [7, 11) is 0. The van der Waals surface area contributed by atoms with Crippen LogP contribution in [-0.2, 0) is 9.53 Å². The van der Waals surface area contributed by atoms with Crippen molar-refractivity contribution in [2.45, 2.75) is 25.9 Å². The van der Waals surface area contributed by atoms with Crippen molar-refractivity contribution in [2.24, 2.45) is 0 Å². The fourth-order valence-corrected chi connectivity index (χ4v) is 1.28. The average Bonchev–Trinajstić information content (AvgIpc) is 2.25. The minimum absolute atomic E-state index is 0.0569. The smallest absolute Gasteiger partial charge is 0.314 e. The summed E-state index contributed by atoms with van der Waals surface area (Å²) in [6.45, 7) is 3.78. The number of benzene rings is 1. The number of carbonyl (C=O) groups is 1. The molecule has 1 N–H and O–H groups in total. The van der Waals surface area contributed by atoms with Crippen molar-refractivity contribution >= 4 is 5.97 Å². The van der Waals surface area contributed by atoms with Crippen molar-refractivity contribution < 1.29 is 14.6 Å². The molecule has 0 heterocycles. The van der Waals surface area contributed by atoms with Crippen molar-refractivity contribution in [1.29, 1.82) is 0 Å². The Morgan fingerprint density at radius 2 is 1.94 bits per heavy atom. The molecule has 86 valence electrons. The number of rotatable bonds is 5. The lowest BCUT2D eigenvalue weighted by molar-refractivity contribution is -0.137. The van der Waals surface area contributed by atoms with Crippen LogP contribution in [0.15, 0.2) is 42.7 Å². The van der Waals surface area contributed by atoms with E-state index in [1.807, 2.05) is 32.0 Å². The van der Waals surface area contributed by atoms with Crippen molar-refractivity contribution in [2.75, 3.05) is 0 Å². The van der Waals surface area contributed by atoms with Gasteiger partial charge >= 0.3 is 5.97 Å². The summed E-state index contributed by atoms with van der Waals surface area (Å²) in [5.74, 6) is -1.53. The minimum atomic E-state index is -0.880. The number of aliphatic carboxylic acids is 1. The lowest BCUT2D eigenvalue weighted by atomic mass is 10.00. The van der Waals surface area contributed by atoms with Gasteiger partial charge in [0.1, 0.15) is 5.92 Å². The van der Waals surface area contributed by atoms with Crippen LogP contribution in [0, 0.1) is 0 Å². The van der Waals surface area contributed by atoms with Gasteiger partial charge in [-0.3, -0.25) is 4.79 Å². The average molecular weight is 220 g/mol. The Hall–Kier alpha value is -1.77. The van der Waals surface area contributed by atoms with E-state index in [4.69, 9.17) is 9.84 Å².